The van der Waals surface area contributed by atoms with E-state index in [0.29, 0.717) is 0 Å². The number of alkyl halides is 3. The van der Waals surface area contributed by atoms with E-state index in [4.69, 9.17) is 10.2 Å². The fourth-order valence-electron chi connectivity index (χ4n) is 1.74. The number of halogens is 3. The highest BCUT2D eigenvalue weighted by atomic mass is 19.4. The number of carboxylic acids is 1. The van der Waals surface area contributed by atoms with Gasteiger partial charge >= 0.3 is 18.2 Å². The Morgan fingerprint density at radius 3 is 2.50 bits per heavy atom. The van der Waals surface area contributed by atoms with Gasteiger partial charge in [-0.2, -0.15) is 13.2 Å². The second-order valence-electron chi connectivity index (χ2n) is 4.28. The molecule has 9 heteroatoms. The quantitative estimate of drug-likeness (QED) is 0.667. The highest BCUT2D eigenvalue weighted by Crippen LogP contribution is 2.30. The number of carbonyl (C=O) groups excluding carboxylic acids is 1. The van der Waals surface area contributed by atoms with Crippen molar-refractivity contribution in [1.29, 1.82) is 0 Å². The summed E-state index contributed by atoms with van der Waals surface area (Å²) < 4.78 is 37.2. The predicted molar refractivity (Wildman–Crippen MR) is 62.0 cm³/mol. The van der Waals surface area contributed by atoms with Crippen LogP contribution in [0.4, 0.5) is 18.0 Å². The van der Waals surface area contributed by atoms with Crippen LogP contribution in [0.2, 0.25) is 0 Å². The molecule has 0 saturated carbocycles. The molecule has 0 aliphatic carbocycles. The molecule has 1 rings (SSSR count). The van der Waals surface area contributed by atoms with Crippen molar-refractivity contribution in [3.8, 4) is 0 Å². The van der Waals surface area contributed by atoms with Crippen LogP contribution in [0.1, 0.15) is 12.8 Å². The Labute approximate surface area is 112 Å². The van der Waals surface area contributed by atoms with Crippen LogP contribution >= 0.6 is 0 Å². The van der Waals surface area contributed by atoms with Gasteiger partial charge < -0.3 is 20.4 Å². The van der Waals surface area contributed by atoms with E-state index in [1.54, 1.807) is 0 Å². The van der Waals surface area contributed by atoms with E-state index in [0.717, 1.165) is 11.0 Å². The molecule has 1 aliphatic heterocycles. The van der Waals surface area contributed by atoms with Gasteiger partial charge in [0, 0.05) is 31.7 Å². The van der Waals surface area contributed by atoms with Gasteiger partial charge in [-0.05, 0) is 6.42 Å². The molecule has 114 valence electrons. The summed E-state index contributed by atoms with van der Waals surface area (Å²) in [5.74, 6) is -1.31. The largest absolute Gasteiger partial charge is 0.480 e. The number of amides is 2. The fraction of sp³-hybridized carbons (Fsp3) is 0.636. The first kappa shape index (κ1) is 16.3. The van der Waals surface area contributed by atoms with Crippen LogP contribution < -0.4 is 5.32 Å². The van der Waals surface area contributed by atoms with Gasteiger partial charge in [-0.25, -0.2) is 9.59 Å². The molecule has 0 unspecified atom stereocenters. The summed E-state index contributed by atoms with van der Waals surface area (Å²) >= 11 is 0. The molecule has 1 heterocycles. The molecule has 0 aromatic carbocycles. The Balaban J connectivity index is 2.58. The van der Waals surface area contributed by atoms with Crippen molar-refractivity contribution in [3.05, 3.63) is 11.6 Å². The van der Waals surface area contributed by atoms with Crippen molar-refractivity contribution >= 4 is 12.0 Å². The molecular formula is C11H15F3N2O4. The van der Waals surface area contributed by atoms with E-state index in [1.807, 2.05) is 0 Å². The zero-order chi connectivity index (χ0) is 15.3. The smallest absolute Gasteiger partial charge is 0.412 e. The number of nitrogens with one attached hydrogen (secondary N) is 1. The van der Waals surface area contributed by atoms with Crippen molar-refractivity contribution < 1.29 is 33.0 Å². The van der Waals surface area contributed by atoms with E-state index in [1.165, 1.54) is 0 Å². The minimum absolute atomic E-state index is 0.136. The van der Waals surface area contributed by atoms with Crippen LogP contribution in [0, 0.1) is 0 Å². The Bertz CT molecular complexity index is 409. The lowest BCUT2D eigenvalue weighted by Crippen LogP contribution is -2.49. The Morgan fingerprint density at radius 2 is 2.10 bits per heavy atom. The van der Waals surface area contributed by atoms with E-state index >= 15 is 0 Å². The summed E-state index contributed by atoms with van der Waals surface area (Å²) in [4.78, 5) is 23.6. The topological polar surface area (TPSA) is 89.9 Å². The summed E-state index contributed by atoms with van der Waals surface area (Å²) in [6.45, 7) is -0.788. The van der Waals surface area contributed by atoms with Crippen molar-refractivity contribution in [2.24, 2.45) is 0 Å². The number of rotatable bonds is 4. The Kier molecular flexibility index (Phi) is 5.37. The van der Waals surface area contributed by atoms with Crippen LogP contribution in [-0.2, 0) is 4.79 Å². The molecular weight excluding hydrogens is 281 g/mol. The zero-order valence-electron chi connectivity index (χ0n) is 10.5. The van der Waals surface area contributed by atoms with Crippen molar-refractivity contribution in [2.45, 2.75) is 25.1 Å². The minimum atomic E-state index is -4.40. The molecule has 0 spiro atoms. The second-order valence-corrected chi connectivity index (χ2v) is 4.28. The van der Waals surface area contributed by atoms with Gasteiger partial charge in [0.1, 0.15) is 6.04 Å². The molecule has 0 saturated heterocycles. The maximum Gasteiger partial charge on any atom is 0.412 e. The molecule has 0 fully saturated rings. The molecule has 20 heavy (non-hydrogen) atoms. The average molecular weight is 296 g/mol. The highest BCUT2D eigenvalue weighted by Gasteiger charge is 2.35. The highest BCUT2D eigenvalue weighted by molar-refractivity contribution is 5.82. The Hall–Kier alpha value is -1.77. The molecule has 0 radical (unpaired) electrons. The van der Waals surface area contributed by atoms with E-state index < -0.39 is 36.4 Å². The molecule has 3 N–H and O–H groups in total. The summed E-state index contributed by atoms with van der Waals surface area (Å²) in [5.41, 5.74) is -0.688. The maximum atomic E-state index is 12.4. The SMILES string of the molecule is O=C(O)[C@H](CCO)NC(=O)N1CC=C(C(F)(F)F)CC1. The number of nitrogens with zero attached hydrogens (tertiary/aromatic N) is 1. The van der Waals surface area contributed by atoms with Crippen molar-refractivity contribution in [1.82, 2.24) is 10.2 Å². The average Bonchev–Trinajstić information content (AvgIpc) is 2.37. The minimum Gasteiger partial charge on any atom is -0.480 e. The van der Waals surface area contributed by atoms with Gasteiger partial charge in [0.2, 0.25) is 0 Å². The van der Waals surface area contributed by atoms with Crippen LogP contribution in [0.15, 0.2) is 11.6 Å². The first-order chi connectivity index (χ1) is 9.25. The van der Waals surface area contributed by atoms with E-state index in [-0.39, 0.29) is 25.9 Å². The lowest BCUT2D eigenvalue weighted by atomic mass is 10.1. The van der Waals surface area contributed by atoms with Crippen molar-refractivity contribution in [2.75, 3.05) is 19.7 Å². The monoisotopic (exact) mass is 296 g/mol. The Morgan fingerprint density at radius 1 is 1.45 bits per heavy atom. The first-order valence-corrected chi connectivity index (χ1v) is 5.91. The van der Waals surface area contributed by atoms with Crippen LogP contribution in [0.25, 0.3) is 0 Å². The second kappa shape index (κ2) is 6.60. The number of aliphatic hydroxyl groups is 1. The number of carboxylic acid groups (broad SMARTS) is 1. The number of aliphatic hydroxyl groups excluding tert-OH is 1. The first-order valence-electron chi connectivity index (χ1n) is 5.91. The lowest BCUT2D eigenvalue weighted by Gasteiger charge is -2.28. The van der Waals surface area contributed by atoms with Gasteiger partial charge in [-0.3, -0.25) is 0 Å². The normalized spacial score (nSPS) is 17.4. The number of carbonyl (C=O) groups is 2. The maximum absolute atomic E-state index is 12.4. The summed E-state index contributed by atoms with van der Waals surface area (Å²) in [6.07, 6.45) is -3.98. The number of aliphatic carboxylic acids is 1. The third kappa shape index (κ3) is 4.41. The van der Waals surface area contributed by atoms with Crippen LogP contribution in [0.5, 0.6) is 0 Å². The van der Waals surface area contributed by atoms with Crippen LogP contribution in [-0.4, -0.2) is 59.0 Å². The molecule has 1 atom stereocenters. The summed E-state index contributed by atoms with van der Waals surface area (Å²) in [6, 6.07) is -2.02. The summed E-state index contributed by atoms with van der Waals surface area (Å²) in [7, 11) is 0. The van der Waals surface area contributed by atoms with E-state index in [9.17, 15) is 22.8 Å². The standard InChI is InChI=1S/C11H15F3N2O4/c12-11(13,14)7-1-4-16(5-2-7)10(20)15-8(3-6-17)9(18)19/h1,8,17H,2-6H2,(H,15,20)(H,18,19)/t8-/m0/s1. The van der Waals surface area contributed by atoms with Gasteiger partial charge in [-0.1, -0.05) is 6.08 Å². The summed E-state index contributed by atoms with van der Waals surface area (Å²) in [5, 5.41) is 19.6. The number of urea groups is 1. The van der Waals surface area contributed by atoms with Gasteiger partial charge in [-0.15, -0.1) is 0 Å². The molecule has 0 aromatic heterocycles. The van der Waals surface area contributed by atoms with Crippen molar-refractivity contribution in [3.63, 3.8) is 0 Å². The number of hydrogen-bond acceptors (Lipinski definition) is 3. The third-order valence-electron chi connectivity index (χ3n) is 2.87. The zero-order valence-corrected chi connectivity index (χ0v) is 10.5. The van der Waals surface area contributed by atoms with Crippen LogP contribution in [0.3, 0.4) is 0 Å². The third-order valence-corrected chi connectivity index (χ3v) is 2.87. The molecule has 0 aromatic rings. The van der Waals surface area contributed by atoms with E-state index in [2.05, 4.69) is 5.32 Å². The number of hydrogen-bond donors (Lipinski definition) is 3. The molecule has 1 aliphatic rings. The fourth-order valence-corrected chi connectivity index (χ4v) is 1.74. The molecule has 2 amide bonds. The van der Waals surface area contributed by atoms with Gasteiger partial charge in [0.25, 0.3) is 0 Å². The van der Waals surface area contributed by atoms with Gasteiger partial charge in [0.05, 0.1) is 0 Å². The van der Waals surface area contributed by atoms with Gasteiger partial charge in [0.15, 0.2) is 0 Å². The molecule has 6 nitrogen and oxygen atoms in total. The molecule has 0 bridgehead atoms. The lowest BCUT2D eigenvalue weighted by molar-refractivity contribution is -0.139. The predicted octanol–water partition coefficient (Wildman–Crippen LogP) is 0.726.